The van der Waals surface area contributed by atoms with Gasteiger partial charge in [-0.05, 0) is 26.7 Å². The highest BCUT2D eigenvalue weighted by Gasteiger charge is 2.33. The Morgan fingerprint density at radius 2 is 1.62 bits per heavy atom. The van der Waals surface area contributed by atoms with Gasteiger partial charge in [-0.3, -0.25) is 9.35 Å². The maximum Gasteiger partial charge on any atom is 0.265 e. The van der Waals surface area contributed by atoms with E-state index in [1.54, 1.807) is 6.92 Å². The number of rotatable bonds is 15. The SMILES string of the molecule is C=C(C)C(=O)NCCC[N+](CCCC)(CCCC)C(C)CCS(=O)(=O)O. The summed E-state index contributed by atoms with van der Waals surface area (Å²) in [5.41, 5.74) is 0.504. The fourth-order valence-electron chi connectivity index (χ4n) is 3.28. The molecule has 154 valence electrons. The zero-order valence-corrected chi connectivity index (χ0v) is 17.9. The minimum atomic E-state index is -3.94. The third-order valence-electron chi connectivity index (χ3n) is 5.10. The highest BCUT2D eigenvalue weighted by atomic mass is 32.2. The van der Waals surface area contributed by atoms with Gasteiger partial charge in [0.2, 0.25) is 5.91 Å². The van der Waals surface area contributed by atoms with Gasteiger partial charge < -0.3 is 9.80 Å². The Morgan fingerprint density at radius 1 is 1.12 bits per heavy atom. The number of hydrogen-bond donors (Lipinski definition) is 2. The van der Waals surface area contributed by atoms with Crippen LogP contribution in [0.2, 0.25) is 0 Å². The quantitative estimate of drug-likeness (QED) is 0.194. The molecule has 0 aliphatic rings. The summed E-state index contributed by atoms with van der Waals surface area (Å²) < 4.78 is 32.3. The standard InChI is InChI=1S/C19H38N2O4S/c1-6-8-13-21(14-9-7-2,18(5)11-16-26(23,24)25)15-10-12-20-19(22)17(3)4/h18H,3,6-16H2,1-2,4-5H3,(H-,20,22,23,24,25)/p+1. The molecule has 1 amide bonds. The largest absolute Gasteiger partial charge is 0.352 e. The van der Waals surface area contributed by atoms with E-state index in [1.165, 1.54) is 0 Å². The van der Waals surface area contributed by atoms with E-state index in [0.29, 0.717) is 18.5 Å². The lowest BCUT2D eigenvalue weighted by Crippen LogP contribution is -2.56. The number of carbonyl (C=O) groups excluding carboxylic acids is 1. The van der Waals surface area contributed by atoms with Crippen LogP contribution in [-0.2, 0) is 14.9 Å². The summed E-state index contributed by atoms with van der Waals surface area (Å²) in [5, 5.41) is 2.88. The van der Waals surface area contributed by atoms with Crippen molar-refractivity contribution in [3.63, 3.8) is 0 Å². The van der Waals surface area contributed by atoms with Gasteiger partial charge in [-0.15, -0.1) is 0 Å². The van der Waals surface area contributed by atoms with E-state index in [9.17, 15) is 13.2 Å². The summed E-state index contributed by atoms with van der Waals surface area (Å²) in [7, 11) is -3.94. The van der Waals surface area contributed by atoms with Crippen LogP contribution in [-0.4, -0.2) is 61.3 Å². The summed E-state index contributed by atoms with van der Waals surface area (Å²) in [6.45, 7) is 15.2. The molecule has 0 aliphatic heterocycles. The van der Waals surface area contributed by atoms with E-state index in [-0.39, 0.29) is 17.7 Å². The lowest BCUT2D eigenvalue weighted by atomic mass is 10.1. The first-order chi connectivity index (χ1) is 12.1. The van der Waals surface area contributed by atoms with Crippen molar-refractivity contribution in [2.75, 3.05) is 31.9 Å². The van der Waals surface area contributed by atoms with Crippen LogP contribution in [0.15, 0.2) is 12.2 Å². The first-order valence-electron chi connectivity index (χ1n) is 9.82. The number of nitrogens with one attached hydrogen (secondary N) is 1. The Kier molecular flexibility index (Phi) is 12.0. The average Bonchev–Trinajstić information content (AvgIpc) is 2.57. The fourth-order valence-corrected chi connectivity index (χ4v) is 3.92. The predicted molar refractivity (Wildman–Crippen MR) is 108 cm³/mol. The number of amides is 1. The lowest BCUT2D eigenvalue weighted by molar-refractivity contribution is -0.950. The van der Waals surface area contributed by atoms with Crippen LogP contribution in [0.4, 0.5) is 0 Å². The summed E-state index contributed by atoms with van der Waals surface area (Å²) in [4.78, 5) is 11.6. The number of nitrogens with zero attached hydrogens (tertiary/aromatic N) is 1. The van der Waals surface area contributed by atoms with Crippen molar-refractivity contribution in [1.82, 2.24) is 5.32 Å². The topological polar surface area (TPSA) is 83.5 Å². The molecule has 26 heavy (non-hydrogen) atoms. The van der Waals surface area contributed by atoms with Crippen LogP contribution in [0.5, 0.6) is 0 Å². The fraction of sp³-hybridized carbons (Fsp3) is 0.842. The van der Waals surface area contributed by atoms with Crippen molar-refractivity contribution in [3.05, 3.63) is 12.2 Å². The van der Waals surface area contributed by atoms with Crippen molar-refractivity contribution in [1.29, 1.82) is 0 Å². The van der Waals surface area contributed by atoms with Gasteiger partial charge in [-0.1, -0.05) is 33.3 Å². The van der Waals surface area contributed by atoms with Crippen LogP contribution in [0.1, 0.15) is 66.2 Å². The molecule has 0 rings (SSSR count). The van der Waals surface area contributed by atoms with Gasteiger partial charge >= 0.3 is 0 Å². The monoisotopic (exact) mass is 391 g/mol. The predicted octanol–water partition coefficient (Wildman–Crippen LogP) is 3.15. The van der Waals surface area contributed by atoms with Gasteiger partial charge in [0.1, 0.15) is 0 Å². The molecule has 1 unspecified atom stereocenters. The molecule has 6 nitrogen and oxygen atoms in total. The molecule has 2 N–H and O–H groups in total. The smallest absolute Gasteiger partial charge is 0.265 e. The molecule has 0 radical (unpaired) electrons. The van der Waals surface area contributed by atoms with Gasteiger partial charge in [0, 0.05) is 25.0 Å². The van der Waals surface area contributed by atoms with Gasteiger partial charge in [-0.25, -0.2) is 0 Å². The molecule has 1 atom stereocenters. The third-order valence-corrected chi connectivity index (χ3v) is 5.85. The average molecular weight is 392 g/mol. The number of carbonyl (C=O) groups is 1. The molecular weight excluding hydrogens is 352 g/mol. The van der Waals surface area contributed by atoms with Crippen LogP contribution < -0.4 is 5.32 Å². The number of hydrogen-bond acceptors (Lipinski definition) is 3. The first-order valence-corrected chi connectivity index (χ1v) is 11.4. The molecule has 0 heterocycles. The van der Waals surface area contributed by atoms with Gasteiger partial charge in [0.05, 0.1) is 31.4 Å². The van der Waals surface area contributed by atoms with Crippen molar-refractivity contribution in [3.8, 4) is 0 Å². The van der Waals surface area contributed by atoms with Crippen molar-refractivity contribution >= 4 is 16.0 Å². The van der Waals surface area contributed by atoms with Crippen LogP contribution in [0, 0.1) is 0 Å². The van der Waals surface area contributed by atoms with E-state index < -0.39 is 10.1 Å². The maximum absolute atomic E-state index is 11.6. The first kappa shape index (κ1) is 25.1. The normalized spacial score (nSPS) is 13.4. The van der Waals surface area contributed by atoms with Crippen LogP contribution in [0.3, 0.4) is 0 Å². The Hall–Kier alpha value is -0.920. The highest BCUT2D eigenvalue weighted by Crippen LogP contribution is 2.22. The molecule has 0 fully saturated rings. The van der Waals surface area contributed by atoms with Gasteiger partial charge in [0.25, 0.3) is 10.1 Å². The molecule has 0 aromatic carbocycles. The summed E-state index contributed by atoms with van der Waals surface area (Å²) in [5.74, 6) is -0.316. The highest BCUT2D eigenvalue weighted by molar-refractivity contribution is 7.85. The minimum Gasteiger partial charge on any atom is -0.352 e. The zero-order valence-electron chi connectivity index (χ0n) is 17.1. The van der Waals surface area contributed by atoms with E-state index in [1.807, 2.05) is 0 Å². The van der Waals surface area contributed by atoms with E-state index in [4.69, 9.17) is 4.55 Å². The minimum absolute atomic E-state index is 0.121. The number of unbranched alkanes of at least 4 members (excludes halogenated alkanes) is 2. The van der Waals surface area contributed by atoms with Crippen LogP contribution >= 0.6 is 0 Å². The molecule has 0 saturated carbocycles. The Morgan fingerprint density at radius 3 is 2.04 bits per heavy atom. The lowest BCUT2D eigenvalue weighted by Gasteiger charge is -2.44. The number of quaternary nitrogens is 1. The second-order valence-electron chi connectivity index (χ2n) is 7.41. The Balaban J connectivity index is 5.06. The van der Waals surface area contributed by atoms with E-state index in [2.05, 4.69) is 32.7 Å². The molecule has 0 aliphatic carbocycles. The van der Waals surface area contributed by atoms with Crippen molar-refractivity contribution in [2.45, 2.75) is 72.3 Å². The summed E-state index contributed by atoms with van der Waals surface area (Å²) >= 11 is 0. The molecule has 0 spiro atoms. The molecule has 0 aromatic rings. The Labute approximate surface area is 160 Å². The Bertz CT molecular complexity index is 524. The second kappa shape index (κ2) is 12.5. The third kappa shape index (κ3) is 10.3. The summed E-state index contributed by atoms with van der Waals surface area (Å²) in [6.07, 6.45) is 5.62. The van der Waals surface area contributed by atoms with Gasteiger partial charge in [0.15, 0.2) is 0 Å². The molecule has 0 bridgehead atoms. The summed E-state index contributed by atoms with van der Waals surface area (Å²) in [6, 6.07) is 0.145. The second-order valence-corrected chi connectivity index (χ2v) is 8.98. The van der Waals surface area contributed by atoms with Gasteiger partial charge in [-0.2, -0.15) is 8.42 Å². The molecule has 7 heteroatoms. The van der Waals surface area contributed by atoms with Crippen LogP contribution in [0.25, 0.3) is 0 Å². The maximum atomic E-state index is 11.6. The molecular formula is C19H39N2O4S+. The zero-order chi connectivity index (χ0) is 20.2. The van der Waals surface area contributed by atoms with Crippen molar-refractivity contribution < 1.29 is 22.2 Å². The van der Waals surface area contributed by atoms with Crippen molar-refractivity contribution in [2.24, 2.45) is 0 Å². The molecule has 0 aromatic heterocycles. The van der Waals surface area contributed by atoms with E-state index >= 15 is 0 Å². The van der Waals surface area contributed by atoms with E-state index in [0.717, 1.165) is 56.2 Å². The molecule has 0 saturated heterocycles.